The fourth-order valence-electron chi connectivity index (χ4n) is 1.81. The molecule has 90 valence electrons. The van der Waals surface area contributed by atoms with Crippen LogP contribution in [0.1, 0.15) is 44.7 Å². The van der Waals surface area contributed by atoms with Crippen molar-refractivity contribution in [2.75, 3.05) is 5.73 Å². The first kappa shape index (κ1) is 12.8. The van der Waals surface area contributed by atoms with Gasteiger partial charge in [0, 0.05) is 6.54 Å². The van der Waals surface area contributed by atoms with Crippen LogP contribution in [0.4, 0.5) is 5.82 Å². The second-order valence-electron chi connectivity index (χ2n) is 4.18. The van der Waals surface area contributed by atoms with Crippen molar-refractivity contribution in [2.45, 2.75) is 52.0 Å². The SMILES string of the molecule is C=CCn1cnc(CCCCCCC)c1N. The average molecular weight is 221 g/mol. The number of hydrogen-bond donors (Lipinski definition) is 1. The molecule has 2 N–H and O–H groups in total. The van der Waals surface area contributed by atoms with E-state index in [0.717, 1.165) is 24.5 Å². The van der Waals surface area contributed by atoms with Gasteiger partial charge >= 0.3 is 0 Å². The third-order valence-corrected chi connectivity index (χ3v) is 2.80. The van der Waals surface area contributed by atoms with Gasteiger partial charge in [0.1, 0.15) is 5.82 Å². The lowest BCUT2D eigenvalue weighted by molar-refractivity contribution is 0.629. The minimum Gasteiger partial charge on any atom is -0.384 e. The maximum atomic E-state index is 5.98. The van der Waals surface area contributed by atoms with E-state index in [1.54, 1.807) is 6.33 Å². The van der Waals surface area contributed by atoms with Crippen LogP contribution >= 0.6 is 0 Å². The van der Waals surface area contributed by atoms with Crippen LogP contribution in [0.25, 0.3) is 0 Å². The minimum absolute atomic E-state index is 0.745. The number of anilines is 1. The molecular formula is C13H23N3. The zero-order chi connectivity index (χ0) is 11.8. The molecule has 3 heteroatoms. The maximum absolute atomic E-state index is 5.98. The summed E-state index contributed by atoms with van der Waals surface area (Å²) in [5.41, 5.74) is 7.02. The number of rotatable bonds is 8. The van der Waals surface area contributed by atoms with E-state index in [2.05, 4.69) is 18.5 Å². The molecule has 0 unspecified atom stereocenters. The summed E-state index contributed by atoms with van der Waals surface area (Å²) in [5, 5.41) is 0. The number of aryl methyl sites for hydroxylation is 1. The molecule has 0 amide bonds. The molecule has 0 fully saturated rings. The Hall–Kier alpha value is -1.25. The highest BCUT2D eigenvalue weighted by molar-refractivity contribution is 5.36. The summed E-state index contributed by atoms with van der Waals surface area (Å²) in [5.74, 6) is 0.801. The van der Waals surface area contributed by atoms with Crippen LogP contribution in [-0.2, 0) is 13.0 Å². The third kappa shape index (κ3) is 3.72. The van der Waals surface area contributed by atoms with Gasteiger partial charge in [-0.2, -0.15) is 0 Å². The van der Waals surface area contributed by atoms with Gasteiger partial charge in [-0.1, -0.05) is 38.7 Å². The molecule has 1 aromatic heterocycles. The lowest BCUT2D eigenvalue weighted by Crippen LogP contribution is -2.01. The van der Waals surface area contributed by atoms with E-state index in [1.807, 2.05) is 10.6 Å². The molecule has 3 nitrogen and oxygen atoms in total. The van der Waals surface area contributed by atoms with Crippen LogP contribution in [0.3, 0.4) is 0 Å². The van der Waals surface area contributed by atoms with E-state index >= 15 is 0 Å². The predicted molar refractivity (Wildman–Crippen MR) is 69.3 cm³/mol. The number of allylic oxidation sites excluding steroid dienone is 1. The Kier molecular flexibility index (Phi) is 5.68. The van der Waals surface area contributed by atoms with Crippen molar-refractivity contribution in [3.63, 3.8) is 0 Å². The van der Waals surface area contributed by atoms with Gasteiger partial charge in [0.15, 0.2) is 0 Å². The van der Waals surface area contributed by atoms with Crippen molar-refractivity contribution in [3.8, 4) is 0 Å². The van der Waals surface area contributed by atoms with Gasteiger partial charge in [0.05, 0.1) is 12.0 Å². The van der Waals surface area contributed by atoms with E-state index in [9.17, 15) is 0 Å². The smallest absolute Gasteiger partial charge is 0.126 e. The number of hydrogen-bond acceptors (Lipinski definition) is 2. The predicted octanol–water partition coefficient (Wildman–Crippen LogP) is 3.16. The van der Waals surface area contributed by atoms with Crippen LogP contribution in [-0.4, -0.2) is 9.55 Å². The topological polar surface area (TPSA) is 43.8 Å². The monoisotopic (exact) mass is 221 g/mol. The number of imidazole rings is 1. The molecule has 0 aromatic carbocycles. The van der Waals surface area contributed by atoms with Gasteiger partial charge < -0.3 is 10.3 Å². The Balaban J connectivity index is 2.33. The first-order valence-electron chi connectivity index (χ1n) is 6.20. The zero-order valence-electron chi connectivity index (χ0n) is 10.3. The lowest BCUT2D eigenvalue weighted by Gasteiger charge is -2.02. The van der Waals surface area contributed by atoms with E-state index < -0.39 is 0 Å². The Morgan fingerprint density at radius 1 is 1.38 bits per heavy atom. The minimum atomic E-state index is 0.745. The number of nitrogens with two attached hydrogens (primary N) is 1. The Labute approximate surface area is 98.4 Å². The molecule has 0 saturated carbocycles. The van der Waals surface area contributed by atoms with Crippen LogP contribution in [0, 0.1) is 0 Å². The van der Waals surface area contributed by atoms with E-state index in [1.165, 1.54) is 32.1 Å². The quantitative estimate of drug-likeness (QED) is 0.541. The molecule has 0 bridgehead atoms. The van der Waals surface area contributed by atoms with Crippen molar-refractivity contribution < 1.29 is 0 Å². The summed E-state index contributed by atoms with van der Waals surface area (Å²) in [4.78, 5) is 4.34. The van der Waals surface area contributed by atoms with Gasteiger partial charge in [-0.05, 0) is 12.8 Å². The molecule has 0 atom stereocenters. The number of aromatic nitrogens is 2. The average Bonchev–Trinajstić information content (AvgIpc) is 2.62. The summed E-state index contributed by atoms with van der Waals surface area (Å²) in [6.45, 7) is 6.67. The highest BCUT2D eigenvalue weighted by Gasteiger charge is 2.05. The van der Waals surface area contributed by atoms with Crippen LogP contribution in [0.2, 0.25) is 0 Å². The van der Waals surface area contributed by atoms with Gasteiger partial charge in [-0.15, -0.1) is 6.58 Å². The first-order valence-corrected chi connectivity index (χ1v) is 6.20. The van der Waals surface area contributed by atoms with Gasteiger partial charge in [0.2, 0.25) is 0 Å². The molecule has 0 aliphatic heterocycles. The van der Waals surface area contributed by atoms with Gasteiger partial charge in [-0.25, -0.2) is 4.98 Å². The molecule has 0 spiro atoms. The molecule has 0 aliphatic carbocycles. The fraction of sp³-hybridized carbons (Fsp3) is 0.615. The van der Waals surface area contributed by atoms with Crippen LogP contribution in [0.5, 0.6) is 0 Å². The number of nitrogen functional groups attached to an aromatic ring is 1. The highest BCUT2D eigenvalue weighted by atomic mass is 15.1. The molecule has 1 aromatic rings. The summed E-state index contributed by atoms with van der Waals surface area (Å²) in [7, 11) is 0. The van der Waals surface area contributed by atoms with Crippen molar-refractivity contribution in [2.24, 2.45) is 0 Å². The maximum Gasteiger partial charge on any atom is 0.126 e. The van der Waals surface area contributed by atoms with Gasteiger partial charge in [-0.3, -0.25) is 0 Å². The Morgan fingerprint density at radius 3 is 2.81 bits per heavy atom. The first-order chi connectivity index (χ1) is 7.79. The third-order valence-electron chi connectivity index (χ3n) is 2.80. The van der Waals surface area contributed by atoms with E-state index in [-0.39, 0.29) is 0 Å². The summed E-state index contributed by atoms with van der Waals surface area (Å²) in [6.07, 6.45) is 11.1. The summed E-state index contributed by atoms with van der Waals surface area (Å²) >= 11 is 0. The molecule has 0 saturated heterocycles. The van der Waals surface area contributed by atoms with E-state index in [0.29, 0.717) is 0 Å². The second kappa shape index (κ2) is 7.09. The van der Waals surface area contributed by atoms with Crippen molar-refractivity contribution in [1.29, 1.82) is 0 Å². The summed E-state index contributed by atoms with van der Waals surface area (Å²) < 4.78 is 1.94. The van der Waals surface area contributed by atoms with E-state index in [4.69, 9.17) is 5.73 Å². The standard InChI is InChI=1S/C13H23N3/c1-3-5-6-7-8-9-12-13(14)16(10-4-2)11-15-12/h4,11H,2-3,5-10,14H2,1H3. The molecule has 16 heavy (non-hydrogen) atoms. The Morgan fingerprint density at radius 2 is 2.12 bits per heavy atom. The van der Waals surface area contributed by atoms with Crippen LogP contribution < -0.4 is 5.73 Å². The molecular weight excluding hydrogens is 198 g/mol. The molecule has 1 heterocycles. The summed E-state index contributed by atoms with van der Waals surface area (Å²) in [6, 6.07) is 0. The largest absolute Gasteiger partial charge is 0.384 e. The fourth-order valence-corrected chi connectivity index (χ4v) is 1.81. The van der Waals surface area contributed by atoms with Crippen molar-refractivity contribution >= 4 is 5.82 Å². The molecule has 0 aliphatic rings. The second-order valence-corrected chi connectivity index (χ2v) is 4.18. The number of unbranched alkanes of at least 4 members (excludes halogenated alkanes) is 4. The molecule has 0 radical (unpaired) electrons. The van der Waals surface area contributed by atoms with Crippen molar-refractivity contribution in [3.05, 3.63) is 24.7 Å². The van der Waals surface area contributed by atoms with Crippen molar-refractivity contribution in [1.82, 2.24) is 9.55 Å². The molecule has 1 rings (SSSR count). The van der Waals surface area contributed by atoms with Gasteiger partial charge in [0.25, 0.3) is 0 Å². The highest BCUT2D eigenvalue weighted by Crippen LogP contribution is 2.14. The zero-order valence-corrected chi connectivity index (χ0v) is 10.3. The van der Waals surface area contributed by atoms with Crippen LogP contribution in [0.15, 0.2) is 19.0 Å². The normalized spacial score (nSPS) is 10.6. The number of nitrogens with zero attached hydrogens (tertiary/aromatic N) is 2. The Bertz CT molecular complexity index is 315. The lowest BCUT2D eigenvalue weighted by atomic mass is 10.1.